The Kier molecular flexibility index (Phi) is 1.98. The van der Waals surface area contributed by atoms with Gasteiger partial charge < -0.3 is 14.6 Å². The van der Waals surface area contributed by atoms with E-state index in [1.807, 2.05) is 0 Å². The quantitative estimate of drug-likeness (QED) is 0.758. The van der Waals surface area contributed by atoms with Gasteiger partial charge in [0, 0.05) is 10.9 Å². The highest BCUT2D eigenvalue weighted by Crippen LogP contribution is 2.23. The van der Waals surface area contributed by atoms with Crippen molar-refractivity contribution in [2.45, 2.75) is 6.61 Å². The number of benzene rings is 1. The molecule has 72 valence electrons. The van der Waals surface area contributed by atoms with Crippen LogP contribution in [0.5, 0.6) is 0 Å². The minimum Gasteiger partial charge on any atom is -0.475 e. The van der Waals surface area contributed by atoms with Crippen LogP contribution < -0.4 is 0 Å². The molecule has 1 aromatic carbocycles. The van der Waals surface area contributed by atoms with Gasteiger partial charge in [0.25, 0.3) is 0 Å². The molecule has 1 heterocycles. The molecule has 0 aliphatic rings. The molecule has 14 heavy (non-hydrogen) atoms. The van der Waals surface area contributed by atoms with Crippen LogP contribution in [0.4, 0.5) is 0 Å². The number of carbonyl (C=O) groups is 1. The van der Waals surface area contributed by atoms with Gasteiger partial charge in [-0.3, -0.25) is 0 Å². The van der Waals surface area contributed by atoms with Crippen molar-refractivity contribution in [2.75, 3.05) is 0 Å². The summed E-state index contributed by atoms with van der Waals surface area (Å²) >= 11 is 0. The number of carboxylic acid groups (broad SMARTS) is 1. The minimum absolute atomic E-state index is 0.110. The first kappa shape index (κ1) is 8.77. The first-order chi connectivity index (χ1) is 6.72. The van der Waals surface area contributed by atoms with Gasteiger partial charge in [0.05, 0.1) is 6.61 Å². The van der Waals surface area contributed by atoms with Crippen molar-refractivity contribution < 1.29 is 19.4 Å². The summed E-state index contributed by atoms with van der Waals surface area (Å²) in [4.78, 5) is 10.6. The Labute approximate surface area is 79.4 Å². The van der Waals surface area contributed by atoms with Gasteiger partial charge in [0.2, 0.25) is 5.76 Å². The molecule has 4 nitrogen and oxygen atoms in total. The summed E-state index contributed by atoms with van der Waals surface area (Å²) in [5, 5.41) is 18.4. The summed E-state index contributed by atoms with van der Waals surface area (Å²) in [6, 6.07) is 6.62. The molecule has 2 aromatic rings. The number of furan rings is 1. The number of fused-ring (bicyclic) bond motifs is 1. The summed E-state index contributed by atoms with van der Waals surface area (Å²) in [6.07, 6.45) is 0. The normalized spacial score (nSPS) is 10.6. The van der Waals surface area contributed by atoms with Crippen LogP contribution in [-0.2, 0) is 6.61 Å². The summed E-state index contributed by atoms with van der Waals surface area (Å²) in [7, 11) is 0. The summed E-state index contributed by atoms with van der Waals surface area (Å²) in [6.45, 7) is -0.163. The van der Waals surface area contributed by atoms with Gasteiger partial charge in [-0.05, 0) is 6.07 Å². The lowest BCUT2D eigenvalue weighted by Crippen LogP contribution is -1.91. The highest BCUT2D eigenvalue weighted by molar-refractivity contribution is 5.92. The molecule has 0 amide bonds. The number of hydrogen-bond acceptors (Lipinski definition) is 3. The minimum atomic E-state index is -1.11. The van der Waals surface area contributed by atoms with Crippen LogP contribution in [0.25, 0.3) is 11.0 Å². The SMILES string of the molecule is O=C(O)c1cc2cccc(CO)c2o1. The fraction of sp³-hybridized carbons (Fsp3) is 0.100. The van der Waals surface area contributed by atoms with Crippen LogP contribution in [0.1, 0.15) is 16.1 Å². The molecule has 2 N–H and O–H groups in total. The zero-order valence-corrected chi connectivity index (χ0v) is 7.23. The molecule has 0 atom stereocenters. The molecular formula is C10H8O4. The second-order valence-corrected chi connectivity index (χ2v) is 2.91. The standard InChI is InChI=1S/C10H8O4/c11-5-7-3-1-2-6-4-8(10(12)13)14-9(6)7/h1-4,11H,5H2,(H,12,13). The van der Waals surface area contributed by atoms with E-state index in [9.17, 15) is 4.79 Å². The Hall–Kier alpha value is -1.81. The number of aliphatic hydroxyl groups excluding tert-OH is 1. The van der Waals surface area contributed by atoms with E-state index in [0.29, 0.717) is 16.5 Å². The second-order valence-electron chi connectivity index (χ2n) is 2.91. The smallest absolute Gasteiger partial charge is 0.371 e. The number of para-hydroxylation sites is 1. The van der Waals surface area contributed by atoms with E-state index < -0.39 is 5.97 Å². The van der Waals surface area contributed by atoms with Crippen molar-refractivity contribution in [3.8, 4) is 0 Å². The van der Waals surface area contributed by atoms with Crippen molar-refractivity contribution in [3.05, 3.63) is 35.6 Å². The second kappa shape index (κ2) is 3.16. The number of rotatable bonds is 2. The Balaban J connectivity index is 2.70. The molecular weight excluding hydrogens is 184 g/mol. The van der Waals surface area contributed by atoms with E-state index in [1.165, 1.54) is 6.07 Å². The maximum atomic E-state index is 10.6. The lowest BCUT2D eigenvalue weighted by molar-refractivity contribution is 0.0665. The van der Waals surface area contributed by atoms with Gasteiger partial charge in [-0.2, -0.15) is 0 Å². The largest absolute Gasteiger partial charge is 0.475 e. The molecule has 0 saturated carbocycles. The maximum absolute atomic E-state index is 10.6. The first-order valence-corrected chi connectivity index (χ1v) is 4.08. The molecule has 1 aromatic heterocycles. The van der Waals surface area contributed by atoms with Crippen LogP contribution in [0.2, 0.25) is 0 Å². The van der Waals surface area contributed by atoms with Gasteiger partial charge in [0.15, 0.2) is 0 Å². The van der Waals surface area contributed by atoms with Gasteiger partial charge in [0.1, 0.15) is 5.58 Å². The van der Waals surface area contributed by atoms with E-state index in [0.717, 1.165) is 0 Å². The first-order valence-electron chi connectivity index (χ1n) is 4.08. The van der Waals surface area contributed by atoms with E-state index >= 15 is 0 Å². The van der Waals surface area contributed by atoms with Gasteiger partial charge >= 0.3 is 5.97 Å². The van der Waals surface area contributed by atoms with Crippen LogP contribution in [0, 0.1) is 0 Å². The molecule has 2 rings (SSSR count). The van der Waals surface area contributed by atoms with Crippen LogP contribution in [-0.4, -0.2) is 16.2 Å². The third-order valence-electron chi connectivity index (χ3n) is 2.01. The van der Waals surface area contributed by atoms with E-state index in [1.54, 1.807) is 18.2 Å². The van der Waals surface area contributed by atoms with Gasteiger partial charge in [-0.1, -0.05) is 18.2 Å². The number of aliphatic hydroxyl groups is 1. The van der Waals surface area contributed by atoms with Gasteiger partial charge in [-0.15, -0.1) is 0 Å². The number of aromatic carboxylic acids is 1. The average Bonchev–Trinajstić information content (AvgIpc) is 2.60. The summed E-state index contributed by atoms with van der Waals surface area (Å²) < 4.78 is 5.09. The van der Waals surface area contributed by atoms with Crippen LogP contribution in [0.3, 0.4) is 0 Å². The molecule has 0 spiro atoms. The van der Waals surface area contributed by atoms with E-state index in [2.05, 4.69) is 0 Å². The van der Waals surface area contributed by atoms with E-state index in [-0.39, 0.29) is 12.4 Å². The van der Waals surface area contributed by atoms with Crippen molar-refractivity contribution in [2.24, 2.45) is 0 Å². The molecule has 0 fully saturated rings. The molecule has 0 radical (unpaired) electrons. The number of carboxylic acids is 1. The molecule has 0 aliphatic heterocycles. The Morgan fingerprint density at radius 1 is 1.43 bits per heavy atom. The third kappa shape index (κ3) is 1.25. The zero-order chi connectivity index (χ0) is 10.1. The Morgan fingerprint density at radius 2 is 2.21 bits per heavy atom. The van der Waals surface area contributed by atoms with Crippen LogP contribution >= 0.6 is 0 Å². The van der Waals surface area contributed by atoms with Crippen molar-refractivity contribution in [3.63, 3.8) is 0 Å². The predicted molar refractivity (Wildman–Crippen MR) is 49.1 cm³/mol. The molecule has 0 aliphatic carbocycles. The Morgan fingerprint density at radius 3 is 2.86 bits per heavy atom. The summed E-state index contributed by atoms with van der Waals surface area (Å²) in [5.41, 5.74) is 1.03. The maximum Gasteiger partial charge on any atom is 0.371 e. The molecule has 0 bridgehead atoms. The summed E-state index contributed by atoms with van der Waals surface area (Å²) in [5.74, 6) is -1.22. The fourth-order valence-corrected chi connectivity index (χ4v) is 1.35. The number of hydrogen-bond donors (Lipinski definition) is 2. The van der Waals surface area contributed by atoms with Crippen LogP contribution in [0.15, 0.2) is 28.7 Å². The van der Waals surface area contributed by atoms with Crippen molar-refractivity contribution in [1.82, 2.24) is 0 Å². The zero-order valence-electron chi connectivity index (χ0n) is 7.23. The molecule has 4 heteroatoms. The molecule has 0 saturated heterocycles. The van der Waals surface area contributed by atoms with Crippen molar-refractivity contribution >= 4 is 16.9 Å². The van der Waals surface area contributed by atoms with Crippen molar-refractivity contribution in [1.29, 1.82) is 0 Å². The highest BCUT2D eigenvalue weighted by atomic mass is 16.4. The monoisotopic (exact) mass is 192 g/mol. The topological polar surface area (TPSA) is 70.7 Å². The fourth-order valence-electron chi connectivity index (χ4n) is 1.35. The van der Waals surface area contributed by atoms with E-state index in [4.69, 9.17) is 14.6 Å². The Bertz CT molecular complexity index is 484. The highest BCUT2D eigenvalue weighted by Gasteiger charge is 2.12. The van der Waals surface area contributed by atoms with Gasteiger partial charge in [-0.25, -0.2) is 4.79 Å². The predicted octanol–water partition coefficient (Wildman–Crippen LogP) is 1.62. The lowest BCUT2D eigenvalue weighted by atomic mass is 10.1. The molecule has 0 unspecified atom stereocenters. The average molecular weight is 192 g/mol. The lowest BCUT2D eigenvalue weighted by Gasteiger charge is -1.95. The third-order valence-corrected chi connectivity index (χ3v) is 2.01.